The number of rotatable bonds is 9. The van der Waals surface area contributed by atoms with Gasteiger partial charge in [-0.15, -0.1) is 0 Å². The van der Waals surface area contributed by atoms with Crippen LogP contribution in [0.1, 0.15) is 43.2 Å². The van der Waals surface area contributed by atoms with Crippen LogP contribution in [0.15, 0.2) is 24.5 Å². The number of likely N-dealkylation sites (tertiary alicyclic amines) is 1. The Morgan fingerprint density at radius 1 is 1.15 bits per heavy atom. The fourth-order valence-corrected chi connectivity index (χ4v) is 4.14. The molecule has 0 bridgehead atoms. The van der Waals surface area contributed by atoms with E-state index in [1.165, 1.54) is 44.5 Å². The van der Waals surface area contributed by atoms with Crippen LogP contribution in [0.4, 0.5) is 8.78 Å². The van der Waals surface area contributed by atoms with E-state index in [4.69, 9.17) is 9.47 Å². The number of nitrogens with one attached hydrogen (secondary N) is 1. The number of benzene rings is 1. The molecule has 2 aliphatic rings. The summed E-state index contributed by atoms with van der Waals surface area (Å²) in [5.74, 6) is -2.08. The molecule has 4 rings (SSSR count). The van der Waals surface area contributed by atoms with Gasteiger partial charge < -0.3 is 14.8 Å². The lowest BCUT2D eigenvalue weighted by atomic mass is 9.96. The Hall–Kier alpha value is -2.65. The molecule has 1 N–H and O–H groups in total. The van der Waals surface area contributed by atoms with Gasteiger partial charge in [0, 0.05) is 37.2 Å². The molecule has 2 fully saturated rings. The Kier molecular flexibility index (Phi) is 7.19. The van der Waals surface area contributed by atoms with Crippen molar-refractivity contribution in [2.75, 3.05) is 40.0 Å². The molecule has 0 radical (unpaired) electrons. The third kappa shape index (κ3) is 5.65. The second-order valence-electron chi connectivity index (χ2n) is 9.05. The summed E-state index contributed by atoms with van der Waals surface area (Å²) in [6, 6.07) is 2.40. The Balaban J connectivity index is 1.34. The number of carbonyl (C=O) groups is 1. The number of methoxy groups -OCH3 is 1. The van der Waals surface area contributed by atoms with E-state index in [-0.39, 0.29) is 23.1 Å². The second kappa shape index (κ2) is 10.1. The molecule has 7 nitrogen and oxygen atoms in total. The summed E-state index contributed by atoms with van der Waals surface area (Å²) < 4.78 is 39.8. The van der Waals surface area contributed by atoms with E-state index in [9.17, 15) is 13.6 Å². The fourth-order valence-electron chi connectivity index (χ4n) is 4.14. The largest absolute Gasteiger partial charge is 0.487 e. The fraction of sp³-hybridized carbons (Fsp3) is 0.542. The molecule has 9 heteroatoms. The molecule has 178 valence electrons. The SMILES string of the molecule is COCCNC(=O)c1ncc(-c2cc(F)c(OCC3CCN(C4(C)CC4)CC3)c(F)c2)cn1. The summed E-state index contributed by atoms with van der Waals surface area (Å²) in [7, 11) is 1.53. The van der Waals surface area contributed by atoms with Crippen molar-refractivity contribution in [1.82, 2.24) is 20.2 Å². The Labute approximate surface area is 192 Å². The van der Waals surface area contributed by atoms with Gasteiger partial charge in [0.25, 0.3) is 5.91 Å². The van der Waals surface area contributed by atoms with Crippen LogP contribution >= 0.6 is 0 Å². The molecule has 1 amide bonds. The van der Waals surface area contributed by atoms with E-state index < -0.39 is 17.5 Å². The van der Waals surface area contributed by atoms with Crippen molar-refractivity contribution in [3.05, 3.63) is 42.0 Å². The lowest BCUT2D eigenvalue weighted by molar-refractivity contribution is 0.0926. The normalized spacial score (nSPS) is 18.2. The summed E-state index contributed by atoms with van der Waals surface area (Å²) in [5.41, 5.74) is 1.04. The van der Waals surface area contributed by atoms with Crippen molar-refractivity contribution in [2.45, 2.75) is 38.1 Å². The van der Waals surface area contributed by atoms with Crippen molar-refractivity contribution in [3.8, 4) is 16.9 Å². The minimum atomic E-state index is -0.769. The van der Waals surface area contributed by atoms with Crippen LogP contribution in [0.25, 0.3) is 11.1 Å². The van der Waals surface area contributed by atoms with E-state index in [1.807, 2.05) is 0 Å². The van der Waals surface area contributed by atoms with Gasteiger partial charge in [0.05, 0.1) is 13.2 Å². The van der Waals surface area contributed by atoms with Crippen molar-refractivity contribution >= 4 is 5.91 Å². The molecule has 1 saturated carbocycles. The van der Waals surface area contributed by atoms with E-state index in [1.54, 1.807) is 0 Å². The number of hydrogen-bond donors (Lipinski definition) is 1. The van der Waals surface area contributed by atoms with Gasteiger partial charge in [0.15, 0.2) is 17.4 Å². The lowest BCUT2D eigenvalue weighted by Gasteiger charge is -2.36. The number of amides is 1. The minimum absolute atomic E-state index is 0.0301. The number of piperidine rings is 1. The molecular weight excluding hydrogens is 430 g/mol. The standard InChI is InChI=1S/C24H30F2N4O3/c1-24(5-6-24)30-8-3-16(4-9-30)15-33-21-19(25)11-17(12-20(21)26)18-13-28-22(29-14-18)23(31)27-7-10-32-2/h11-14,16H,3-10,15H2,1-2H3,(H,27,31). The molecule has 2 heterocycles. The third-order valence-corrected chi connectivity index (χ3v) is 6.59. The molecule has 0 spiro atoms. The van der Waals surface area contributed by atoms with Crippen LogP contribution in [0, 0.1) is 17.6 Å². The minimum Gasteiger partial charge on any atom is -0.487 e. The van der Waals surface area contributed by atoms with Crippen LogP contribution in [-0.4, -0.2) is 66.3 Å². The quantitative estimate of drug-likeness (QED) is 0.578. The molecule has 0 atom stereocenters. The van der Waals surface area contributed by atoms with Crippen LogP contribution in [0.5, 0.6) is 5.75 Å². The Morgan fingerprint density at radius 3 is 2.36 bits per heavy atom. The number of nitrogens with zero attached hydrogens (tertiary/aromatic N) is 3. The summed E-state index contributed by atoms with van der Waals surface area (Å²) in [6.07, 6.45) is 7.18. The van der Waals surface area contributed by atoms with Crippen molar-refractivity contribution in [2.24, 2.45) is 5.92 Å². The highest BCUT2D eigenvalue weighted by molar-refractivity contribution is 5.90. The Bertz CT molecular complexity index is 951. The topological polar surface area (TPSA) is 76.6 Å². The molecular formula is C24H30F2N4O3. The van der Waals surface area contributed by atoms with E-state index in [0.717, 1.165) is 25.9 Å². The average Bonchev–Trinajstić information content (AvgIpc) is 3.57. The number of aromatic nitrogens is 2. The predicted molar refractivity (Wildman–Crippen MR) is 119 cm³/mol. The summed E-state index contributed by atoms with van der Waals surface area (Å²) >= 11 is 0. The number of halogens is 2. The van der Waals surface area contributed by atoms with E-state index in [0.29, 0.717) is 30.9 Å². The number of ether oxygens (including phenoxy) is 2. The molecule has 1 aliphatic carbocycles. The van der Waals surface area contributed by atoms with Gasteiger partial charge in [-0.05, 0) is 69.3 Å². The summed E-state index contributed by atoms with van der Waals surface area (Å²) in [5, 5.41) is 2.61. The monoisotopic (exact) mass is 460 g/mol. The van der Waals surface area contributed by atoms with Crippen LogP contribution in [0.3, 0.4) is 0 Å². The van der Waals surface area contributed by atoms with Crippen molar-refractivity contribution < 1.29 is 23.0 Å². The summed E-state index contributed by atoms with van der Waals surface area (Å²) in [6.45, 7) is 5.32. The first-order valence-electron chi connectivity index (χ1n) is 11.4. The van der Waals surface area contributed by atoms with Gasteiger partial charge in [-0.1, -0.05) is 0 Å². The Morgan fingerprint density at radius 2 is 1.79 bits per heavy atom. The van der Waals surface area contributed by atoms with Crippen LogP contribution in [0.2, 0.25) is 0 Å². The molecule has 1 aliphatic heterocycles. The van der Waals surface area contributed by atoms with Crippen LogP contribution in [-0.2, 0) is 4.74 Å². The van der Waals surface area contributed by atoms with Crippen molar-refractivity contribution in [3.63, 3.8) is 0 Å². The molecule has 1 aromatic carbocycles. The van der Waals surface area contributed by atoms with Gasteiger partial charge in [-0.3, -0.25) is 9.69 Å². The summed E-state index contributed by atoms with van der Waals surface area (Å²) in [4.78, 5) is 22.5. The molecule has 2 aromatic rings. The van der Waals surface area contributed by atoms with Gasteiger partial charge in [-0.2, -0.15) is 0 Å². The molecule has 1 aromatic heterocycles. The van der Waals surface area contributed by atoms with Gasteiger partial charge in [0.2, 0.25) is 5.82 Å². The zero-order valence-corrected chi connectivity index (χ0v) is 19.1. The van der Waals surface area contributed by atoms with Gasteiger partial charge in [-0.25, -0.2) is 18.7 Å². The highest BCUT2D eigenvalue weighted by atomic mass is 19.1. The highest BCUT2D eigenvalue weighted by Crippen LogP contribution is 2.43. The third-order valence-electron chi connectivity index (χ3n) is 6.59. The highest BCUT2D eigenvalue weighted by Gasteiger charge is 2.44. The first-order chi connectivity index (χ1) is 15.9. The smallest absolute Gasteiger partial charge is 0.289 e. The maximum absolute atomic E-state index is 14.7. The molecule has 1 saturated heterocycles. The van der Waals surface area contributed by atoms with Crippen molar-refractivity contribution in [1.29, 1.82) is 0 Å². The number of carbonyl (C=O) groups excluding carboxylic acids is 1. The zero-order chi connectivity index (χ0) is 23.4. The molecule has 33 heavy (non-hydrogen) atoms. The maximum atomic E-state index is 14.7. The maximum Gasteiger partial charge on any atom is 0.289 e. The average molecular weight is 461 g/mol. The first kappa shape index (κ1) is 23.5. The lowest BCUT2D eigenvalue weighted by Crippen LogP contribution is -2.42. The second-order valence-corrected chi connectivity index (χ2v) is 9.05. The van der Waals surface area contributed by atoms with E-state index >= 15 is 0 Å². The zero-order valence-electron chi connectivity index (χ0n) is 19.1. The molecule has 0 unspecified atom stereocenters. The number of hydrogen-bond acceptors (Lipinski definition) is 6. The predicted octanol–water partition coefficient (Wildman–Crippen LogP) is 3.44. The van der Waals surface area contributed by atoms with Crippen LogP contribution < -0.4 is 10.1 Å². The van der Waals surface area contributed by atoms with Gasteiger partial charge >= 0.3 is 0 Å². The first-order valence-corrected chi connectivity index (χ1v) is 11.4. The van der Waals surface area contributed by atoms with E-state index in [2.05, 4.69) is 27.1 Å². The van der Waals surface area contributed by atoms with Gasteiger partial charge in [0.1, 0.15) is 0 Å².